The van der Waals surface area contributed by atoms with Crippen molar-refractivity contribution in [3.63, 3.8) is 0 Å². The fraction of sp³-hybridized carbons (Fsp3) is 0.200. The van der Waals surface area contributed by atoms with Gasteiger partial charge in [-0.25, -0.2) is 0 Å². The molecule has 3 aromatic rings. The first-order chi connectivity index (χ1) is 10.7. The largest absolute Gasteiger partial charge is 0.294 e. The van der Waals surface area contributed by atoms with Crippen molar-refractivity contribution in [1.29, 1.82) is 0 Å². The van der Waals surface area contributed by atoms with Gasteiger partial charge in [0.15, 0.2) is 5.78 Å². The number of Topliss-reactive ketones (excluding diaryl/α,β-unsaturated/α-hetero) is 1. The van der Waals surface area contributed by atoms with E-state index >= 15 is 0 Å². The average Bonchev–Trinajstić information content (AvgIpc) is 2.56. The lowest BCUT2D eigenvalue weighted by molar-refractivity contribution is 0.0993. The fourth-order valence-corrected chi connectivity index (χ4v) is 2.15. The summed E-state index contributed by atoms with van der Waals surface area (Å²) in [6.45, 7) is 4.25. The predicted molar refractivity (Wildman–Crippen MR) is 92.2 cm³/mol. The van der Waals surface area contributed by atoms with E-state index in [-0.39, 0.29) is 5.78 Å². The van der Waals surface area contributed by atoms with E-state index < -0.39 is 0 Å². The topological polar surface area (TPSA) is 30.0 Å². The van der Waals surface area contributed by atoms with Gasteiger partial charge in [-0.15, -0.1) is 0 Å². The molecule has 0 amide bonds. The van der Waals surface area contributed by atoms with Crippen LogP contribution in [0.5, 0.6) is 0 Å². The minimum Gasteiger partial charge on any atom is -0.294 e. The standard InChI is InChI=1S/C17H13NO.C3H8/c19-17(11-13-7-9-18-10-8-13)16-6-5-14-3-1-2-4-15(14)12-16;1-3-2/h1-10,12H,11H2;3H2,1-2H3. The molecule has 22 heavy (non-hydrogen) atoms. The Hall–Kier alpha value is -2.48. The summed E-state index contributed by atoms with van der Waals surface area (Å²) in [5.41, 5.74) is 1.75. The van der Waals surface area contributed by atoms with Crippen LogP contribution in [0, 0.1) is 0 Å². The van der Waals surface area contributed by atoms with Crippen LogP contribution in [0.1, 0.15) is 36.2 Å². The summed E-state index contributed by atoms with van der Waals surface area (Å²) in [5, 5.41) is 2.26. The SMILES string of the molecule is CCC.O=C(Cc1ccncc1)c1ccc2ccccc2c1. The third-order valence-corrected chi connectivity index (χ3v) is 3.19. The zero-order valence-electron chi connectivity index (χ0n) is 13.1. The number of benzene rings is 2. The van der Waals surface area contributed by atoms with E-state index in [1.54, 1.807) is 12.4 Å². The molecule has 2 heteroatoms. The van der Waals surface area contributed by atoms with Crippen LogP contribution in [0.3, 0.4) is 0 Å². The number of aromatic nitrogens is 1. The molecule has 0 aliphatic rings. The Labute approximate surface area is 131 Å². The van der Waals surface area contributed by atoms with Crippen molar-refractivity contribution in [1.82, 2.24) is 4.98 Å². The van der Waals surface area contributed by atoms with E-state index in [2.05, 4.69) is 18.8 Å². The third kappa shape index (κ3) is 4.26. The monoisotopic (exact) mass is 291 g/mol. The molecular weight excluding hydrogens is 270 g/mol. The van der Waals surface area contributed by atoms with E-state index in [0.29, 0.717) is 6.42 Å². The summed E-state index contributed by atoms with van der Waals surface area (Å²) in [7, 11) is 0. The maximum atomic E-state index is 12.2. The Morgan fingerprint density at radius 1 is 0.909 bits per heavy atom. The molecule has 0 aliphatic carbocycles. The molecule has 0 bridgehead atoms. The number of nitrogens with zero attached hydrogens (tertiary/aromatic N) is 1. The van der Waals surface area contributed by atoms with Crippen molar-refractivity contribution in [2.24, 2.45) is 0 Å². The molecule has 0 radical (unpaired) electrons. The van der Waals surface area contributed by atoms with E-state index in [4.69, 9.17) is 0 Å². The van der Waals surface area contributed by atoms with E-state index in [1.807, 2.05) is 54.6 Å². The van der Waals surface area contributed by atoms with Crippen LogP contribution >= 0.6 is 0 Å². The van der Waals surface area contributed by atoms with Crippen molar-refractivity contribution in [3.05, 3.63) is 78.1 Å². The van der Waals surface area contributed by atoms with Gasteiger partial charge in [0.2, 0.25) is 0 Å². The molecule has 2 aromatic carbocycles. The van der Waals surface area contributed by atoms with Crippen molar-refractivity contribution < 1.29 is 4.79 Å². The van der Waals surface area contributed by atoms with Crippen LogP contribution in [0.2, 0.25) is 0 Å². The third-order valence-electron chi connectivity index (χ3n) is 3.19. The Bertz CT molecular complexity index is 735. The molecule has 0 aliphatic heterocycles. The highest BCUT2D eigenvalue weighted by molar-refractivity contribution is 6.00. The summed E-state index contributed by atoms with van der Waals surface area (Å²) in [6, 6.07) is 17.7. The summed E-state index contributed by atoms with van der Waals surface area (Å²) in [6.07, 6.45) is 5.09. The quantitative estimate of drug-likeness (QED) is 0.630. The molecule has 1 heterocycles. The molecule has 0 unspecified atom stereocenters. The minimum absolute atomic E-state index is 0.136. The van der Waals surface area contributed by atoms with Gasteiger partial charge in [-0.05, 0) is 34.5 Å². The Morgan fingerprint density at radius 3 is 2.23 bits per heavy atom. The first kappa shape index (κ1) is 15.9. The fourth-order valence-electron chi connectivity index (χ4n) is 2.15. The Kier molecular flexibility index (Phi) is 5.84. The molecular formula is C20H21NO. The highest BCUT2D eigenvalue weighted by atomic mass is 16.1. The molecule has 0 fully saturated rings. The number of carbonyl (C=O) groups is 1. The second-order valence-corrected chi connectivity index (χ2v) is 5.22. The molecule has 0 spiro atoms. The first-order valence-electron chi connectivity index (χ1n) is 7.65. The van der Waals surface area contributed by atoms with Crippen LogP contribution in [0.15, 0.2) is 67.0 Å². The van der Waals surface area contributed by atoms with Crippen LogP contribution in [-0.4, -0.2) is 10.8 Å². The molecule has 0 atom stereocenters. The zero-order valence-corrected chi connectivity index (χ0v) is 13.1. The zero-order chi connectivity index (χ0) is 15.8. The summed E-state index contributed by atoms with van der Waals surface area (Å²) < 4.78 is 0. The van der Waals surface area contributed by atoms with E-state index in [9.17, 15) is 4.79 Å². The molecule has 1 aromatic heterocycles. The normalized spacial score (nSPS) is 9.91. The summed E-state index contributed by atoms with van der Waals surface area (Å²) in [5.74, 6) is 0.136. The van der Waals surface area contributed by atoms with Gasteiger partial charge in [0.05, 0.1) is 0 Å². The van der Waals surface area contributed by atoms with Gasteiger partial charge < -0.3 is 0 Å². The molecule has 3 rings (SSSR count). The number of carbonyl (C=O) groups excluding carboxylic acids is 1. The van der Waals surface area contributed by atoms with Crippen LogP contribution < -0.4 is 0 Å². The predicted octanol–water partition coefficient (Wildman–Crippen LogP) is 5.08. The highest BCUT2D eigenvalue weighted by Gasteiger charge is 2.07. The van der Waals surface area contributed by atoms with Crippen molar-refractivity contribution in [2.75, 3.05) is 0 Å². The second kappa shape index (κ2) is 8.08. The number of pyridine rings is 1. The summed E-state index contributed by atoms with van der Waals surface area (Å²) in [4.78, 5) is 16.2. The molecule has 0 saturated carbocycles. The van der Waals surface area contributed by atoms with E-state index in [1.165, 1.54) is 6.42 Å². The lowest BCUT2D eigenvalue weighted by atomic mass is 10.0. The number of hydrogen-bond acceptors (Lipinski definition) is 2. The number of hydrogen-bond donors (Lipinski definition) is 0. The van der Waals surface area contributed by atoms with Gasteiger partial charge in [-0.2, -0.15) is 0 Å². The summed E-state index contributed by atoms with van der Waals surface area (Å²) >= 11 is 0. The van der Waals surface area contributed by atoms with Gasteiger partial charge in [-0.3, -0.25) is 9.78 Å². The molecule has 2 nitrogen and oxygen atoms in total. The molecule has 0 N–H and O–H groups in total. The lowest BCUT2D eigenvalue weighted by Crippen LogP contribution is -2.03. The molecule has 112 valence electrons. The Morgan fingerprint density at radius 2 is 1.55 bits per heavy atom. The maximum absolute atomic E-state index is 12.2. The van der Waals surface area contributed by atoms with Crippen LogP contribution in [-0.2, 0) is 6.42 Å². The van der Waals surface area contributed by atoms with Gasteiger partial charge in [0.25, 0.3) is 0 Å². The van der Waals surface area contributed by atoms with Crippen molar-refractivity contribution >= 4 is 16.6 Å². The maximum Gasteiger partial charge on any atom is 0.167 e. The first-order valence-corrected chi connectivity index (χ1v) is 7.65. The smallest absolute Gasteiger partial charge is 0.167 e. The average molecular weight is 291 g/mol. The highest BCUT2D eigenvalue weighted by Crippen LogP contribution is 2.17. The second-order valence-electron chi connectivity index (χ2n) is 5.22. The van der Waals surface area contributed by atoms with Gasteiger partial charge in [-0.1, -0.05) is 56.7 Å². The number of rotatable bonds is 3. The Balaban J connectivity index is 0.000000545. The molecule has 0 saturated heterocycles. The van der Waals surface area contributed by atoms with Crippen molar-refractivity contribution in [2.45, 2.75) is 26.7 Å². The van der Waals surface area contributed by atoms with E-state index in [0.717, 1.165) is 21.9 Å². The van der Waals surface area contributed by atoms with Crippen LogP contribution in [0.4, 0.5) is 0 Å². The number of fused-ring (bicyclic) bond motifs is 1. The lowest BCUT2D eigenvalue weighted by Gasteiger charge is -2.03. The van der Waals surface area contributed by atoms with Gasteiger partial charge >= 0.3 is 0 Å². The van der Waals surface area contributed by atoms with Gasteiger partial charge in [0, 0.05) is 24.4 Å². The van der Waals surface area contributed by atoms with Crippen molar-refractivity contribution in [3.8, 4) is 0 Å². The van der Waals surface area contributed by atoms with Gasteiger partial charge in [0.1, 0.15) is 0 Å². The minimum atomic E-state index is 0.136. The number of ketones is 1. The van der Waals surface area contributed by atoms with Crippen LogP contribution in [0.25, 0.3) is 10.8 Å².